The number of carbonyl (C=O) groups excluding carboxylic acids is 1. The molecule has 0 fully saturated rings. The molecule has 0 atom stereocenters. The maximum atomic E-state index is 11.9. The van der Waals surface area contributed by atoms with Crippen LogP contribution in [0.4, 0.5) is 0 Å². The first kappa shape index (κ1) is 17.2. The molecule has 1 amide bonds. The second kappa shape index (κ2) is 11.3. The third-order valence-electron chi connectivity index (χ3n) is 3.22. The summed E-state index contributed by atoms with van der Waals surface area (Å²) in [7, 11) is 0. The van der Waals surface area contributed by atoms with Gasteiger partial charge in [0.2, 0.25) is 5.91 Å². The van der Waals surface area contributed by atoms with Crippen molar-refractivity contribution in [2.24, 2.45) is 0 Å². The molecule has 0 aliphatic rings. The smallest absolute Gasteiger partial charge is 0.248 e. The van der Waals surface area contributed by atoms with E-state index in [1.807, 2.05) is 11.8 Å². The predicted octanol–water partition coefficient (Wildman–Crippen LogP) is 4.55. The van der Waals surface area contributed by atoms with Gasteiger partial charge in [0.1, 0.15) is 0 Å². The van der Waals surface area contributed by atoms with Crippen LogP contribution in [0.5, 0.6) is 0 Å². The van der Waals surface area contributed by atoms with Crippen molar-refractivity contribution in [3.05, 3.63) is 12.2 Å². The molecule has 106 valence electrons. The lowest BCUT2D eigenvalue weighted by atomic mass is 10.1. The number of unbranched alkanes of at least 4 members (excludes halogenated alkanes) is 6. The second-order valence-corrected chi connectivity index (χ2v) is 5.19. The number of nitrogens with zero attached hydrogens (tertiary/aromatic N) is 1. The Morgan fingerprint density at radius 3 is 1.94 bits per heavy atom. The van der Waals surface area contributed by atoms with E-state index in [4.69, 9.17) is 0 Å². The summed E-state index contributed by atoms with van der Waals surface area (Å²) in [5, 5.41) is 0. The molecule has 0 aromatic carbocycles. The van der Waals surface area contributed by atoms with Crippen molar-refractivity contribution in [2.45, 2.75) is 72.1 Å². The third-order valence-corrected chi connectivity index (χ3v) is 3.22. The standard InChI is InChI=1S/C16H31NO/c1-5-7-9-10-11-12-14-17(13-8-6-2)16(18)15(3)4/h3,5-14H2,1-2,4H3. The molecule has 2 heteroatoms. The van der Waals surface area contributed by atoms with Crippen LogP contribution in [0, 0.1) is 0 Å². The molecule has 0 radical (unpaired) electrons. The summed E-state index contributed by atoms with van der Waals surface area (Å²) < 4.78 is 0. The lowest BCUT2D eigenvalue weighted by Gasteiger charge is -2.22. The van der Waals surface area contributed by atoms with Gasteiger partial charge < -0.3 is 4.90 Å². The average Bonchev–Trinajstić information content (AvgIpc) is 2.36. The molecule has 0 N–H and O–H groups in total. The van der Waals surface area contributed by atoms with Gasteiger partial charge in [0.05, 0.1) is 0 Å². The fraction of sp³-hybridized carbons (Fsp3) is 0.812. The van der Waals surface area contributed by atoms with Gasteiger partial charge in [0.25, 0.3) is 0 Å². The summed E-state index contributed by atoms with van der Waals surface area (Å²) in [4.78, 5) is 13.9. The van der Waals surface area contributed by atoms with Crippen LogP contribution in [0.1, 0.15) is 72.1 Å². The van der Waals surface area contributed by atoms with E-state index in [-0.39, 0.29) is 5.91 Å². The Morgan fingerprint density at radius 1 is 0.889 bits per heavy atom. The van der Waals surface area contributed by atoms with Crippen molar-refractivity contribution in [1.29, 1.82) is 0 Å². The molecule has 2 nitrogen and oxygen atoms in total. The summed E-state index contributed by atoms with van der Waals surface area (Å²) in [6, 6.07) is 0. The Kier molecular flexibility index (Phi) is 10.8. The molecule has 0 heterocycles. The molecule has 0 aromatic heterocycles. The van der Waals surface area contributed by atoms with Crippen LogP contribution >= 0.6 is 0 Å². The summed E-state index contributed by atoms with van der Waals surface area (Å²) in [5.41, 5.74) is 0.664. The predicted molar refractivity (Wildman–Crippen MR) is 79.7 cm³/mol. The van der Waals surface area contributed by atoms with Crippen LogP contribution in [0.15, 0.2) is 12.2 Å². The van der Waals surface area contributed by atoms with Gasteiger partial charge >= 0.3 is 0 Å². The highest BCUT2D eigenvalue weighted by Crippen LogP contribution is 2.08. The third kappa shape index (κ3) is 8.32. The van der Waals surface area contributed by atoms with Crippen LogP contribution in [0.25, 0.3) is 0 Å². The summed E-state index contributed by atoms with van der Waals surface area (Å²) in [6.07, 6.45) is 9.86. The molecule has 0 saturated carbocycles. The monoisotopic (exact) mass is 253 g/mol. The Labute approximate surface area is 113 Å². The van der Waals surface area contributed by atoms with E-state index in [0.717, 1.165) is 32.4 Å². The Morgan fingerprint density at radius 2 is 1.39 bits per heavy atom. The Balaban J connectivity index is 3.86. The second-order valence-electron chi connectivity index (χ2n) is 5.19. The Hall–Kier alpha value is -0.790. The highest BCUT2D eigenvalue weighted by Gasteiger charge is 2.12. The van der Waals surface area contributed by atoms with Crippen molar-refractivity contribution in [2.75, 3.05) is 13.1 Å². The molecular weight excluding hydrogens is 222 g/mol. The van der Waals surface area contributed by atoms with E-state index in [0.29, 0.717) is 5.57 Å². The van der Waals surface area contributed by atoms with E-state index in [2.05, 4.69) is 20.4 Å². The minimum absolute atomic E-state index is 0.136. The van der Waals surface area contributed by atoms with Crippen molar-refractivity contribution in [1.82, 2.24) is 4.90 Å². The van der Waals surface area contributed by atoms with Crippen molar-refractivity contribution in [3.63, 3.8) is 0 Å². The van der Waals surface area contributed by atoms with Gasteiger partial charge in [-0.3, -0.25) is 4.79 Å². The fourth-order valence-electron chi connectivity index (χ4n) is 2.02. The number of hydrogen-bond acceptors (Lipinski definition) is 1. The SMILES string of the molecule is C=C(C)C(=O)N(CCCC)CCCCCCCC. The van der Waals surface area contributed by atoms with Crippen LogP contribution in [-0.2, 0) is 4.79 Å². The first-order valence-corrected chi connectivity index (χ1v) is 7.58. The van der Waals surface area contributed by atoms with Gasteiger partial charge in [0.15, 0.2) is 0 Å². The summed E-state index contributed by atoms with van der Waals surface area (Å²) >= 11 is 0. The van der Waals surface area contributed by atoms with Crippen LogP contribution < -0.4 is 0 Å². The quantitative estimate of drug-likeness (QED) is 0.391. The topological polar surface area (TPSA) is 20.3 Å². The zero-order chi connectivity index (χ0) is 13.8. The van der Waals surface area contributed by atoms with E-state index in [1.165, 1.54) is 32.1 Å². The minimum Gasteiger partial charge on any atom is -0.339 e. The normalized spacial score (nSPS) is 10.4. The van der Waals surface area contributed by atoms with Gasteiger partial charge in [0, 0.05) is 18.7 Å². The summed E-state index contributed by atoms with van der Waals surface area (Å²) in [6.45, 7) is 11.8. The molecule has 18 heavy (non-hydrogen) atoms. The van der Waals surface area contributed by atoms with Crippen LogP contribution in [-0.4, -0.2) is 23.9 Å². The molecule has 0 aromatic rings. The highest BCUT2D eigenvalue weighted by molar-refractivity contribution is 5.92. The number of hydrogen-bond donors (Lipinski definition) is 0. The fourth-order valence-corrected chi connectivity index (χ4v) is 2.02. The van der Waals surface area contributed by atoms with E-state index in [1.54, 1.807) is 0 Å². The van der Waals surface area contributed by atoms with E-state index >= 15 is 0 Å². The zero-order valence-corrected chi connectivity index (χ0v) is 12.6. The van der Waals surface area contributed by atoms with Crippen LogP contribution in [0.3, 0.4) is 0 Å². The van der Waals surface area contributed by atoms with Crippen molar-refractivity contribution < 1.29 is 4.79 Å². The molecular formula is C16H31NO. The average molecular weight is 253 g/mol. The summed E-state index contributed by atoms with van der Waals surface area (Å²) in [5.74, 6) is 0.136. The molecule has 0 spiro atoms. The lowest BCUT2D eigenvalue weighted by Crippen LogP contribution is -2.33. The molecule has 0 aliphatic carbocycles. The Bertz CT molecular complexity index is 235. The zero-order valence-electron chi connectivity index (χ0n) is 12.6. The largest absolute Gasteiger partial charge is 0.339 e. The van der Waals surface area contributed by atoms with Crippen molar-refractivity contribution in [3.8, 4) is 0 Å². The van der Waals surface area contributed by atoms with E-state index in [9.17, 15) is 4.79 Å². The highest BCUT2D eigenvalue weighted by atomic mass is 16.2. The maximum Gasteiger partial charge on any atom is 0.248 e. The number of amides is 1. The van der Waals surface area contributed by atoms with E-state index < -0.39 is 0 Å². The maximum absolute atomic E-state index is 11.9. The van der Waals surface area contributed by atoms with Gasteiger partial charge in [-0.15, -0.1) is 0 Å². The van der Waals surface area contributed by atoms with Gasteiger partial charge in [-0.2, -0.15) is 0 Å². The number of rotatable bonds is 11. The molecule has 0 saturated heterocycles. The van der Waals surface area contributed by atoms with Gasteiger partial charge in [-0.25, -0.2) is 0 Å². The first-order valence-electron chi connectivity index (χ1n) is 7.58. The molecule has 0 rings (SSSR count). The molecule has 0 unspecified atom stereocenters. The molecule has 0 bridgehead atoms. The van der Waals surface area contributed by atoms with Crippen molar-refractivity contribution >= 4 is 5.91 Å². The number of carbonyl (C=O) groups is 1. The van der Waals surface area contributed by atoms with Gasteiger partial charge in [-0.1, -0.05) is 59.0 Å². The van der Waals surface area contributed by atoms with Crippen LogP contribution in [0.2, 0.25) is 0 Å². The first-order chi connectivity index (χ1) is 8.63. The minimum atomic E-state index is 0.136. The lowest BCUT2D eigenvalue weighted by molar-refractivity contribution is -0.127. The van der Waals surface area contributed by atoms with Gasteiger partial charge in [-0.05, 0) is 19.8 Å². The molecule has 0 aliphatic heterocycles.